The molecule has 1 aliphatic rings. The van der Waals surface area contributed by atoms with Crippen LogP contribution in [0.15, 0.2) is 48.5 Å². The molecule has 0 aliphatic carbocycles. The molecule has 0 aromatic heterocycles. The summed E-state index contributed by atoms with van der Waals surface area (Å²) < 4.78 is 0.170. The van der Waals surface area contributed by atoms with Crippen LogP contribution in [0.3, 0.4) is 0 Å². The van der Waals surface area contributed by atoms with Crippen molar-refractivity contribution < 1.29 is 14.7 Å². The van der Waals surface area contributed by atoms with Crippen LogP contribution in [0, 0.1) is 0 Å². The third-order valence-corrected chi connectivity index (χ3v) is 7.40. The number of anilines is 1. The number of phenolic OH excluding ortho intramolecular Hbond substituents is 1. The van der Waals surface area contributed by atoms with Gasteiger partial charge in [-0.05, 0) is 0 Å². The molecule has 1 aliphatic heterocycles. The maximum absolute atomic E-state index is 13.3. The van der Waals surface area contributed by atoms with Gasteiger partial charge >= 0.3 is 153 Å². The molecule has 130 valence electrons. The summed E-state index contributed by atoms with van der Waals surface area (Å²) in [5, 5.41) is 9.76. The van der Waals surface area contributed by atoms with Crippen LogP contribution in [-0.4, -0.2) is 55.3 Å². The summed E-state index contributed by atoms with van der Waals surface area (Å²) >= 11 is -0.258. The average Bonchev–Trinajstić information content (AvgIpc) is 2.62. The van der Waals surface area contributed by atoms with E-state index >= 15 is 0 Å². The Kier molecular flexibility index (Phi) is 4.84. The van der Waals surface area contributed by atoms with Crippen LogP contribution in [-0.2, 0) is 16.0 Å². The Morgan fingerprint density at radius 3 is 2.64 bits per heavy atom. The molecule has 3 rings (SSSR count). The van der Waals surface area contributed by atoms with Gasteiger partial charge in [0.25, 0.3) is 0 Å². The molecule has 0 fully saturated rings. The Morgan fingerprint density at radius 1 is 1.28 bits per heavy atom. The first kappa shape index (κ1) is 17.5. The molecule has 25 heavy (non-hydrogen) atoms. The molecule has 1 heterocycles. The number of likely N-dealkylation sites (N-methyl/N-ethyl adjacent to an activating group) is 2. The number of carbonyl (C=O) groups excluding carboxylic acids is 2. The monoisotopic (exact) mass is 404 g/mol. The third-order valence-electron chi connectivity index (χ3n) is 4.46. The van der Waals surface area contributed by atoms with Crippen LogP contribution < -0.4 is 9.36 Å². The van der Waals surface area contributed by atoms with Crippen LogP contribution in [0.2, 0.25) is 0 Å². The van der Waals surface area contributed by atoms with Gasteiger partial charge in [-0.3, -0.25) is 0 Å². The molecule has 0 saturated carbocycles. The van der Waals surface area contributed by atoms with Crippen molar-refractivity contribution in [3.8, 4) is 5.75 Å². The number of hydrogen-bond donors (Lipinski definition) is 1. The SMILES string of the molecule is CCN(C=O)C1([Se]c2ccccc2)Cc2ccc(O)cc2N(C)C1=O. The molecule has 0 bridgehead atoms. The number of nitrogens with zero attached hydrogens (tertiary/aromatic N) is 2. The van der Waals surface area contributed by atoms with Crippen molar-refractivity contribution in [3.05, 3.63) is 54.1 Å². The van der Waals surface area contributed by atoms with Gasteiger partial charge in [0, 0.05) is 0 Å². The number of amides is 2. The minimum atomic E-state index is -0.899. The van der Waals surface area contributed by atoms with Gasteiger partial charge in [0.1, 0.15) is 0 Å². The normalized spacial score (nSPS) is 19.4. The summed E-state index contributed by atoms with van der Waals surface area (Å²) in [5.74, 6) is 0.0191. The summed E-state index contributed by atoms with van der Waals surface area (Å²) in [6.07, 6.45) is 1.23. The minimum absolute atomic E-state index is 0.108. The average molecular weight is 403 g/mol. The molecule has 6 heteroatoms. The molecule has 0 spiro atoms. The van der Waals surface area contributed by atoms with Crippen LogP contribution in [0.1, 0.15) is 12.5 Å². The molecule has 5 nitrogen and oxygen atoms in total. The van der Waals surface area contributed by atoms with Crippen molar-refractivity contribution in [1.29, 1.82) is 0 Å². The van der Waals surface area contributed by atoms with Crippen molar-refractivity contribution in [3.63, 3.8) is 0 Å². The van der Waals surface area contributed by atoms with Crippen molar-refractivity contribution in [2.45, 2.75) is 17.8 Å². The number of carbonyl (C=O) groups is 2. The zero-order valence-electron chi connectivity index (χ0n) is 14.2. The summed E-state index contributed by atoms with van der Waals surface area (Å²) in [5.41, 5.74) is 1.66. The Bertz CT molecular complexity index is 797. The van der Waals surface area contributed by atoms with Gasteiger partial charge in [-0.25, -0.2) is 0 Å². The predicted octanol–water partition coefficient (Wildman–Crippen LogP) is 1.12. The van der Waals surface area contributed by atoms with E-state index in [0.717, 1.165) is 16.4 Å². The van der Waals surface area contributed by atoms with E-state index in [0.29, 0.717) is 18.7 Å². The van der Waals surface area contributed by atoms with E-state index in [1.54, 1.807) is 29.0 Å². The van der Waals surface area contributed by atoms with E-state index in [9.17, 15) is 14.7 Å². The maximum atomic E-state index is 13.3. The van der Waals surface area contributed by atoms with E-state index in [1.807, 2.05) is 43.3 Å². The second-order valence-electron chi connectivity index (χ2n) is 5.94. The topological polar surface area (TPSA) is 60.9 Å². The fourth-order valence-electron chi connectivity index (χ4n) is 3.18. The van der Waals surface area contributed by atoms with Gasteiger partial charge in [-0.1, -0.05) is 0 Å². The van der Waals surface area contributed by atoms with Crippen LogP contribution in [0.5, 0.6) is 5.75 Å². The molecule has 1 unspecified atom stereocenters. The van der Waals surface area contributed by atoms with E-state index in [2.05, 4.69) is 0 Å². The molecule has 0 radical (unpaired) electrons. The molecule has 1 atom stereocenters. The van der Waals surface area contributed by atoms with Crippen molar-refractivity contribution in [2.75, 3.05) is 18.5 Å². The molecule has 2 amide bonds. The van der Waals surface area contributed by atoms with Crippen LogP contribution in [0.4, 0.5) is 5.69 Å². The summed E-state index contributed by atoms with van der Waals surface area (Å²) in [6, 6.07) is 14.9. The van der Waals surface area contributed by atoms with E-state index < -0.39 is 4.44 Å². The fraction of sp³-hybridized carbons (Fsp3) is 0.263. The van der Waals surface area contributed by atoms with Crippen LogP contribution >= 0.6 is 0 Å². The Labute approximate surface area is 153 Å². The molecular formula is C19H20N2O3Se. The van der Waals surface area contributed by atoms with Crippen molar-refractivity contribution >= 4 is 37.4 Å². The second kappa shape index (κ2) is 6.90. The number of fused-ring (bicyclic) bond motifs is 1. The summed E-state index contributed by atoms with van der Waals surface area (Å²) in [7, 11) is 1.70. The summed E-state index contributed by atoms with van der Waals surface area (Å²) in [6.45, 7) is 2.35. The molecule has 1 N–H and O–H groups in total. The number of aromatic hydroxyl groups is 1. The summed E-state index contributed by atoms with van der Waals surface area (Å²) in [4.78, 5) is 28.3. The zero-order valence-corrected chi connectivity index (χ0v) is 15.9. The zero-order chi connectivity index (χ0) is 18.0. The number of rotatable bonds is 5. The van der Waals surface area contributed by atoms with E-state index in [1.165, 1.54) is 0 Å². The molecule has 0 saturated heterocycles. The Balaban J connectivity index is 2.12. The van der Waals surface area contributed by atoms with Gasteiger partial charge < -0.3 is 0 Å². The molecule has 2 aromatic rings. The number of benzene rings is 2. The van der Waals surface area contributed by atoms with Crippen LogP contribution in [0.25, 0.3) is 0 Å². The number of hydrogen-bond acceptors (Lipinski definition) is 3. The first-order chi connectivity index (χ1) is 12.0. The van der Waals surface area contributed by atoms with Gasteiger partial charge in [-0.15, -0.1) is 0 Å². The van der Waals surface area contributed by atoms with Gasteiger partial charge in [-0.2, -0.15) is 0 Å². The first-order valence-electron chi connectivity index (χ1n) is 8.08. The number of phenols is 1. The van der Waals surface area contributed by atoms with Crippen molar-refractivity contribution in [2.24, 2.45) is 0 Å². The third kappa shape index (κ3) is 3.03. The van der Waals surface area contributed by atoms with Gasteiger partial charge in [0.05, 0.1) is 0 Å². The van der Waals surface area contributed by atoms with E-state index in [-0.39, 0.29) is 26.6 Å². The standard InChI is InChI=1S/C19H20N2O3Se/c1-3-21(13-22)19(25-16-7-5-4-6-8-16)12-14-9-10-15(23)11-17(14)20(2)18(19)24/h4-11,13,23H,3,12H2,1-2H3. The van der Waals surface area contributed by atoms with Gasteiger partial charge in [0.2, 0.25) is 0 Å². The molecular weight excluding hydrogens is 383 g/mol. The quantitative estimate of drug-likeness (QED) is 0.601. The Hall–Kier alpha value is -2.30. The Morgan fingerprint density at radius 2 is 2.00 bits per heavy atom. The second-order valence-corrected chi connectivity index (χ2v) is 8.78. The predicted molar refractivity (Wildman–Crippen MR) is 98.2 cm³/mol. The molecule has 2 aromatic carbocycles. The van der Waals surface area contributed by atoms with Gasteiger partial charge in [0.15, 0.2) is 0 Å². The van der Waals surface area contributed by atoms with E-state index in [4.69, 9.17) is 0 Å². The first-order valence-corrected chi connectivity index (χ1v) is 9.79. The van der Waals surface area contributed by atoms with Crippen molar-refractivity contribution in [1.82, 2.24) is 4.90 Å². The fourth-order valence-corrected chi connectivity index (χ4v) is 6.17.